The fourth-order valence-corrected chi connectivity index (χ4v) is 2.38. The Kier molecular flexibility index (Phi) is 3.32. The van der Waals surface area contributed by atoms with Gasteiger partial charge in [-0.15, -0.1) is 0 Å². The molecule has 0 spiro atoms. The van der Waals surface area contributed by atoms with Crippen LogP contribution in [0.5, 0.6) is 0 Å². The van der Waals surface area contributed by atoms with E-state index in [0.29, 0.717) is 0 Å². The van der Waals surface area contributed by atoms with E-state index in [1.807, 2.05) is 12.1 Å². The van der Waals surface area contributed by atoms with Gasteiger partial charge in [0.15, 0.2) is 0 Å². The van der Waals surface area contributed by atoms with E-state index in [1.54, 1.807) is 0 Å². The molecule has 0 atom stereocenters. The number of aromatic nitrogens is 2. The van der Waals surface area contributed by atoms with Crippen LogP contribution in [0.2, 0.25) is 5.02 Å². The molecule has 0 saturated carbocycles. The van der Waals surface area contributed by atoms with Crippen molar-refractivity contribution in [1.29, 1.82) is 0 Å². The quantitative estimate of drug-likeness (QED) is 0.391. The normalized spacial score (nSPS) is 10.8. The van der Waals surface area contributed by atoms with Crippen LogP contribution in [0.3, 0.4) is 0 Å². The van der Waals surface area contributed by atoms with E-state index in [0.717, 1.165) is 10.5 Å². The molecule has 1 aromatic carbocycles. The number of nitrogens with zero attached hydrogens (tertiary/aromatic N) is 2. The van der Waals surface area contributed by atoms with Crippen molar-refractivity contribution in [3.63, 3.8) is 0 Å². The Morgan fingerprint density at radius 2 is 1.94 bits per heavy atom. The van der Waals surface area contributed by atoms with Gasteiger partial charge >= 0.3 is 0 Å². The van der Waals surface area contributed by atoms with Gasteiger partial charge < -0.3 is 28.4 Å². The molecule has 0 aliphatic carbocycles. The van der Waals surface area contributed by atoms with Gasteiger partial charge in [0.2, 0.25) is 11.2 Å². The van der Waals surface area contributed by atoms with Gasteiger partial charge in [-0.05, 0) is 24.3 Å². The summed E-state index contributed by atoms with van der Waals surface area (Å²) < 4.78 is 4.37. The lowest BCUT2D eigenvalue weighted by Crippen LogP contribution is -3.00. The van der Waals surface area contributed by atoms with Crippen LogP contribution in [0.25, 0.3) is 16.6 Å². The highest BCUT2D eigenvalue weighted by atomic mass is 127. The summed E-state index contributed by atoms with van der Waals surface area (Å²) in [7, 11) is 2.08. The molecule has 0 bridgehead atoms. The number of fused-ring (bicyclic) bond motifs is 3. The maximum absolute atomic E-state index is 6.06. The Balaban J connectivity index is 0.00000108. The minimum absolute atomic E-state index is 0. The summed E-state index contributed by atoms with van der Waals surface area (Å²) in [5.41, 5.74) is 4.79. The lowest BCUT2D eigenvalue weighted by Gasteiger charge is -2.05. The van der Waals surface area contributed by atoms with Gasteiger partial charge in [-0.1, -0.05) is 11.6 Å². The molecule has 2 nitrogen and oxygen atoms in total. The first-order valence-corrected chi connectivity index (χ1v) is 5.61. The molecule has 0 amide bonds. The highest BCUT2D eigenvalue weighted by Crippen LogP contribution is 2.20. The van der Waals surface area contributed by atoms with Gasteiger partial charge in [-0.2, -0.15) is 4.57 Å². The van der Waals surface area contributed by atoms with Gasteiger partial charge in [-0.25, -0.2) is 0 Å². The predicted octanol–water partition coefficient (Wildman–Crippen LogP) is -0.117. The van der Waals surface area contributed by atoms with Crippen LogP contribution >= 0.6 is 11.6 Å². The third kappa shape index (κ3) is 1.81. The summed E-state index contributed by atoms with van der Waals surface area (Å²) >= 11 is 6.06. The van der Waals surface area contributed by atoms with Crippen molar-refractivity contribution >= 4 is 28.2 Å². The Morgan fingerprint density at radius 1 is 1.18 bits per heavy atom. The zero-order valence-electron chi connectivity index (χ0n) is 9.61. The van der Waals surface area contributed by atoms with Crippen LogP contribution in [0.4, 0.5) is 0 Å². The van der Waals surface area contributed by atoms with Crippen molar-refractivity contribution in [2.75, 3.05) is 0 Å². The lowest BCUT2D eigenvalue weighted by molar-refractivity contribution is -0.650. The fraction of sp³-hybridized carbons (Fsp3) is 0.154. The van der Waals surface area contributed by atoms with Gasteiger partial charge in [-0.3, -0.25) is 0 Å². The van der Waals surface area contributed by atoms with Crippen molar-refractivity contribution < 1.29 is 28.5 Å². The lowest BCUT2D eigenvalue weighted by atomic mass is 10.2. The van der Waals surface area contributed by atoms with Gasteiger partial charge in [0.05, 0.1) is 0 Å². The molecule has 0 N–H and O–H groups in total. The summed E-state index contributed by atoms with van der Waals surface area (Å²) in [4.78, 5) is 0. The molecule has 0 aliphatic rings. The molecule has 4 heteroatoms. The predicted molar refractivity (Wildman–Crippen MR) is 65.8 cm³/mol. The third-order valence-corrected chi connectivity index (χ3v) is 3.42. The Morgan fingerprint density at radius 3 is 2.71 bits per heavy atom. The first-order valence-electron chi connectivity index (χ1n) is 5.23. The molecule has 2 heterocycles. The van der Waals surface area contributed by atoms with Crippen LogP contribution in [0, 0.1) is 6.92 Å². The van der Waals surface area contributed by atoms with E-state index < -0.39 is 0 Å². The van der Waals surface area contributed by atoms with E-state index >= 15 is 0 Å². The SMILES string of the molecule is Cc1c2cccn2c2cc(Cl)ccc2[n+]1C.[I-]. The maximum Gasteiger partial charge on any atom is 0.229 e. The first kappa shape index (κ1) is 12.6. The summed E-state index contributed by atoms with van der Waals surface area (Å²) in [6.07, 6.45) is 2.07. The summed E-state index contributed by atoms with van der Waals surface area (Å²) in [5.74, 6) is 0. The monoisotopic (exact) mass is 358 g/mol. The molecule has 3 rings (SSSR count). The zero-order valence-corrected chi connectivity index (χ0v) is 12.5. The standard InChI is InChI=1S/C13H12ClN2.HI/c1-9-11-4-3-7-16(11)13-8-10(14)5-6-12(13)15(9)2;/h3-8H,1-2H3;1H/q+1;/p-1. The Hall–Kier alpha value is -0.810. The summed E-state index contributed by atoms with van der Waals surface area (Å²) in [6, 6.07) is 10.2. The number of hydrogen-bond donors (Lipinski definition) is 0. The largest absolute Gasteiger partial charge is 1.00 e. The maximum atomic E-state index is 6.06. The molecule has 0 aliphatic heterocycles. The first-order chi connectivity index (χ1) is 7.68. The fourth-order valence-electron chi connectivity index (χ4n) is 2.21. The van der Waals surface area contributed by atoms with Crippen LogP contribution < -0.4 is 28.5 Å². The van der Waals surface area contributed by atoms with Crippen LogP contribution in [-0.4, -0.2) is 4.40 Å². The van der Waals surface area contributed by atoms with E-state index in [4.69, 9.17) is 11.6 Å². The number of aryl methyl sites for hydroxylation is 2. The third-order valence-electron chi connectivity index (χ3n) is 3.18. The van der Waals surface area contributed by atoms with Crippen LogP contribution in [0.1, 0.15) is 5.69 Å². The molecule has 0 unspecified atom stereocenters. The molecular weight excluding hydrogens is 347 g/mol. The second-order valence-electron chi connectivity index (χ2n) is 4.04. The van der Waals surface area contributed by atoms with Crippen molar-refractivity contribution in [3.05, 3.63) is 47.2 Å². The highest BCUT2D eigenvalue weighted by Gasteiger charge is 2.14. The summed E-state index contributed by atoms with van der Waals surface area (Å²) in [5, 5.41) is 0.770. The average molecular weight is 359 g/mol. The van der Waals surface area contributed by atoms with Gasteiger partial charge in [0.25, 0.3) is 0 Å². The Bertz CT molecular complexity index is 703. The topological polar surface area (TPSA) is 8.29 Å². The van der Waals surface area contributed by atoms with E-state index in [1.165, 1.54) is 16.7 Å². The second kappa shape index (κ2) is 4.46. The second-order valence-corrected chi connectivity index (χ2v) is 4.48. The van der Waals surface area contributed by atoms with Crippen molar-refractivity contribution in [2.45, 2.75) is 6.92 Å². The van der Waals surface area contributed by atoms with Crippen LogP contribution in [-0.2, 0) is 7.05 Å². The molecule has 0 radical (unpaired) electrons. The average Bonchev–Trinajstić information content (AvgIpc) is 2.75. The molecule has 17 heavy (non-hydrogen) atoms. The number of halogens is 2. The van der Waals surface area contributed by atoms with E-state index in [9.17, 15) is 0 Å². The van der Waals surface area contributed by atoms with Crippen molar-refractivity contribution in [3.8, 4) is 0 Å². The molecule has 0 saturated heterocycles. The van der Waals surface area contributed by atoms with Gasteiger partial charge in [0, 0.05) is 24.2 Å². The molecule has 2 aromatic heterocycles. The van der Waals surface area contributed by atoms with Crippen LogP contribution in [0.15, 0.2) is 36.5 Å². The molecular formula is C13H12ClIN2. The number of benzene rings is 1. The minimum atomic E-state index is 0. The molecule has 88 valence electrons. The number of rotatable bonds is 0. The zero-order chi connectivity index (χ0) is 11.3. The Labute approximate surface area is 122 Å². The smallest absolute Gasteiger partial charge is 0.229 e. The van der Waals surface area contributed by atoms with Crippen molar-refractivity contribution in [1.82, 2.24) is 4.40 Å². The summed E-state index contributed by atoms with van der Waals surface area (Å²) in [6.45, 7) is 2.13. The highest BCUT2D eigenvalue weighted by molar-refractivity contribution is 6.31. The molecule has 0 fully saturated rings. The van der Waals surface area contributed by atoms with E-state index in [-0.39, 0.29) is 24.0 Å². The van der Waals surface area contributed by atoms with Gasteiger partial charge in [0.1, 0.15) is 18.1 Å². The van der Waals surface area contributed by atoms with Crippen molar-refractivity contribution in [2.24, 2.45) is 7.05 Å². The molecule has 3 aromatic rings. The van der Waals surface area contributed by atoms with E-state index in [2.05, 4.69) is 47.3 Å². The number of hydrogen-bond acceptors (Lipinski definition) is 0. The minimum Gasteiger partial charge on any atom is -1.00 e.